The number of nitrogens with one attached hydrogen (secondary N) is 3. The van der Waals surface area contributed by atoms with Crippen LogP contribution in [-0.2, 0) is 17.9 Å². The topological polar surface area (TPSA) is 127 Å². The van der Waals surface area contributed by atoms with Crippen LogP contribution < -0.4 is 10.0 Å². The number of aliphatic hydroxyl groups is 1. The minimum Gasteiger partial charge on any atom is -0.391 e. The van der Waals surface area contributed by atoms with E-state index >= 15 is 0 Å². The largest absolute Gasteiger partial charge is 0.391 e. The van der Waals surface area contributed by atoms with Gasteiger partial charge in [-0.2, -0.15) is 9.65 Å². The zero-order valence-electron chi connectivity index (χ0n) is 14.5. The van der Waals surface area contributed by atoms with Crippen molar-refractivity contribution in [1.29, 1.82) is 10.0 Å². The molecule has 2 aromatic rings. The van der Waals surface area contributed by atoms with E-state index in [9.17, 15) is 14.3 Å². The van der Waals surface area contributed by atoms with Gasteiger partial charge in [0.25, 0.3) is 5.91 Å². The van der Waals surface area contributed by atoms with E-state index in [2.05, 4.69) is 15.0 Å². The molecule has 0 radical (unpaired) electrons. The van der Waals surface area contributed by atoms with E-state index in [1.54, 1.807) is 43.0 Å². The zero-order valence-corrected chi connectivity index (χ0v) is 15.3. The van der Waals surface area contributed by atoms with E-state index in [0.717, 1.165) is 6.07 Å². The Morgan fingerprint density at radius 2 is 2.33 bits per heavy atom. The summed E-state index contributed by atoms with van der Waals surface area (Å²) in [6.07, 6.45) is 4.39. The van der Waals surface area contributed by atoms with Crippen LogP contribution in [-0.4, -0.2) is 32.7 Å². The highest BCUT2D eigenvalue weighted by Crippen LogP contribution is 2.26. The maximum atomic E-state index is 13.5. The first-order chi connectivity index (χ1) is 12.8. The monoisotopic (exact) mass is 388 g/mol. The summed E-state index contributed by atoms with van der Waals surface area (Å²) in [4.78, 5) is 16.8. The van der Waals surface area contributed by atoms with Gasteiger partial charge in [0.15, 0.2) is 0 Å². The van der Waals surface area contributed by atoms with Crippen molar-refractivity contribution < 1.29 is 14.3 Å². The third kappa shape index (κ3) is 3.80. The molecule has 3 heterocycles. The van der Waals surface area contributed by atoms with Crippen LogP contribution in [0.5, 0.6) is 0 Å². The van der Waals surface area contributed by atoms with E-state index in [-0.39, 0.29) is 17.1 Å². The molecule has 140 valence electrons. The second kappa shape index (κ2) is 7.40. The van der Waals surface area contributed by atoms with Gasteiger partial charge in [-0.3, -0.25) is 9.57 Å². The molecule has 0 spiro atoms. The van der Waals surface area contributed by atoms with Crippen molar-refractivity contribution in [2.45, 2.75) is 24.0 Å². The maximum absolute atomic E-state index is 13.5. The number of rotatable bonds is 3. The summed E-state index contributed by atoms with van der Waals surface area (Å²) in [6.45, 7) is 1.62. The van der Waals surface area contributed by atoms with E-state index in [1.807, 2.05) is 0 Å². The summed E-state index contributed by atoms with van der Waals surface area (Å²) in [5.74, 6) is -1.38. The first kappa shape index (κ1) is 18.9. The predicted octanol–water partition coefficient (Wildman–Crippen LogP) is 1.70. The number of hydrogen-bond acceptors (Lipinski definition) is 5. The molecule has 2 aromatic heterocycles. The van der Waals surface area contributed by atoms with Crippen LogP contribution in [0.3, 0.4) is 0 Å². The number of nitrogens with zero attached hydrogens (tertiary/aromatic N) is 3. The Hall–Kier alpha value is -2.87. The molecular formula is C17H17FN6O2S. The van der Waals surface area contributed by atoms with Crippen molar-refractivity contribution in [2.24, 2.45) is 7.05 Å². The van der Waals surface area contributed by atoms with Crippen LogP contribution in [0.2, 0.25) is 0 Å². The summed E-state index contributed by atoms with van der Waals surface area (Å²) < 4.78 is 26.4. The molecule has 1 aliphatic rings. The molecule has 0 fully saturated rings. The lowest BCUT2D eigenvalue weighted by Gasteiger charge is -2.16. The average molecular weight is 388 g/mol. The number of nitriles is 1. The number of carbonyl (C=O) groups is 1. The molecule has 0 aliphatic carbocycles. The van der Waals surface area contributed by atoms with Crippen LogP contribution in [0.4, 0.5) is 10.1 Å². The van der Waals surface area contributed by atoms with Crippen molar-refractivity contribution in [3.05, 3.63) is 47.3 Å². The summed E-state index contributed by atoms with van der Waals surface area (Å²) in [6, 6.07) is 3.62. The third-order valence-electron chi connectivity index (χ3n) is 4.03. The van der Waals surface area contributed by atoms with Crippen LogP contribution in [0.1, 0.15) is 28.7 Å². The van der Waals surface area contributed by atoms with E-state index in [1.165, 1.54) is 6.07 Å². The van der Waals surface area contributed by atoms with Crippen LogP contribution >= 0.6 is 0 Å². The average Bonchev–Trinajstić information content (AvgIpc) is 2.85. The van der Waals surface area contributed by atoms with Gasteiger partial charge in [0, 0.05) is 30.6 Å². The van der Waals surface area contributed by atoms with Gasteiger partial charge in [0.2, 0.25) is 5.95 Å². The fraction of sp³-hybridized carbons (Fsp3) is 0.235. The summed E-state index contributed by atoms with van der Waals surface area (Å²) in [7, 11) is 0.544. The third-order valence-corrected chi connectivity index (χ3v) is 5.30. The number of aliphatic hydroxyl groups excluding tert-OH is 1. The van der Waals surface area contributed by atoms with Crippen molar-refractivity contribution >= 4 is 28.5 Å². The second-order valence-electron chi connectivity index (χ2n) is 6.05. The molecule has 3 atom stereocenters. The Labute approximate surface area is 157 Å². The molecule has 0 saturated heterocycles. The van der Waals surface area contributed by atoms with Gasteiger partial charge in [0.05, 0.1) is 17.0 Å². The highest BCUT2D eigenvalue weighted by molar-refractivity contribution is 7.84. The number of anilines is 1. The number of fused-ring (bicyclic) bond motifs is 1. The first-order valence-corrected chi connectivity index (χ1v) is 9.19. The summed E-state index contributed by atoms with van der Waals surface area (Å²) in [5, 5.41) is 21.2. The lowest BCUT2D eigenvalue weighted by atomic mass is 10.1. The second-order valence-corrected chi connectivity index (χ2v) is 7.33. The van der Waals surface area contributed by atoms with Gasteiger partial charge < -0.3 is 15.0 Å². The minimum absolute atomic E-state index is 0.112. The number of halogens is 1. The van der Waals surface area contributed by atoms with Gasteiger partial charge in [-0.25, -0.2) is 9.71 Å². The molecule has 3 unspecified atom stereocenters. The molecule has 27 heavy (non-hydrogen) atoms. The molecule has 0 saturated carbocycles. The SMILES string of the molecule is CC(O)C1C=Cc2c(cn(C)c2C(=O)Nc2cc(F)nc(C#N)c2)S(=N)N1. The summed E-state index contributed by atoms with van der Waals surface area (Å²) >= 11 is 0. The van der Waals surface area contributed by atoms with E-state index in [4.69, 9.17) is 10.0 Å². The molecule has 0 bridgehead atoms. The van der Waals surface area contributed by atoms with Gasteiger partial charge in [-0.1, -0.05) is 12.2 Å². The lowest BCUT2D eigenvalue weighted by molar-refractivity contribution is 0.101. The number of aryl methyl sites for hydroxylation is 1. The molecule has 1 aliphatic heterocycles. The molecule has 3 rings (SSSR count). The van der Waals surface area contributed by atoms with Crippen LogP contribution in [0.25, 0.3) is 6.08 Å². The fourth-order valence-electron chi connectivity index (χ4n) is 2.74. The van der Waals surface area contributed by atoms with E-state index < -0.39 is 34.9 Å². The first-order valence-electron chi connectivity index (χ1n) is 7.96. The molecule has 4 N–H and O–H groups in total. The Bertz CT molecular complexity index is 1010. The Kier molecular flexibility index (Phi) is 5.18. The highest BCUT2D eigenvalue weighted by Gasteiger charge is 2.25. The van der Waals surface area contributed by atoms with Crippen molar-refractivity contribution in [1.82, 2.24) is 14.3 Å². The molecule has 10 heteroatoms. The van der Waals surface area contributed by atoms with Gasteiger partial charge in [-0.05, 0) is 23.9 Å². The molecular weight excluding hydrogens is 371 g/mol. The number of carbonyl (C=O) groups excluding carboxylic acids is 1. The highest BCUT2D eigenvalue weighted by atomic mass is 32.2. The Morgan fingerprint density at radius 3 is 3.00 bits per heavy atom. The minimum atomic E-state index is -1.13. The number of aromatic nitrogens is 2. The predicted molar refractivity (Wildman–Crippen MR) is 98.3 cm³/mol. The smallest absolute Gasteiger partial charge is 0.272 e. The number of hydrogen-bond donors (Lipinski definition) is 4. The zero-order chi connectivity index (χ0) is 19.7. The summed E-state index contributed by atoms with van der Waals surface area (Å²) in [5.41, 5.74) is 0.808. The lowest BCUT2D eigenvalue weighted by Crippen LogP contribution is -2.36. The standard InChI is InChI=1S/C17H17FN6O2S/c1-9(25)13-4-3-12-14(27(20)23-13)8-24(2)16(12)17(26)22-10-5-11(7-19)21-15(18)6-10/h3-6,8-9,13,25H,1-2H3,(H2,20,23)(H,21,22,26). The molecule has 8 nitrogen and oxygen atoms in total. The molecule has 1 amide bonds. The van der Waals surface area contributed by atoms with Crippen molar-refractivity contribution in [3.8, 4) is 6.07 Å². The van der Waals surface area contributed by atoms with Crippen molar-refractivity contribution in [2.75, 3.05) is 5.32 Å². The normalized spacial score (nSPS) is 19.7. The van der Waals surface area contributed by atoms with Crippen LogP contribution in [0, 0.1) is 22.1 Å². The van der Waals surface area contributed by atoms with Gasteiger partial charge in [-0.15, -0.1) is 0 Å². The van der Waals surface area contributed by atoms with Crippen molar-refractivity contribution in [3.63, 3.8) is 0 Å². The molecule has 0 aromatic carbocycles. The maximum Gasteiger partial charge on any atom is 0.272 e. The van der Waals surface area contributed by atoms with Crippen LogP contribution in [0.15, 0.2) is 29.3 Å². The Morgan fingerprint density at radius 1 is 1.59 bits per heavy atom. The van der Waals surface area contributed by atoms with Gasteiger partial charge in [0.1, 0.15) is 17.5 Å². The van der Waals surface area contributed by atoms with Gasteiger partial charge >= 0.3 is 0 Å². The quantitative estimate of drug-likeness (QED) is 0.595. The Balaban J connectivity index is 1.98. The fourth-order valence-corrected chi connectivity index (χ4v) is 4.06. The van der Waals surface area contributed by atoms with E-state index in [0.29, 0.717) is 10.5 Å². The number of amides is 1. The number of pyridine rings is 1.